The van der Waals surface area contributed by atoms with Gasteiger partial charge >= 0.3 is 5.97 Å². The number of hydrogen-bond acceptors (Lipinski definition) is 5. The van der Waals surface area contributed by atoms with Gasteiger partial charge in [0, 0.05) is 18.7 Å². The van der Waals surface area contributed by atoms with Crippen molar-refractivity contribution in [1.29, 1.82) is 5.26 Å². The highest BCUT2D eigenvalue weighted by atomic mass is 16.5. The highest BCUT2D eigenvalue weighted by Gasteiger charge is 2.37. The molecule has 1 saturated carbocycles. The molecule has 2 amide bonds. The van der Waals surface area contributed by atoms with Crippen LogP contribution in [0.25, 0.3) is 0 Å². The van der Waals surface area contributed by atoms with E-state index >= 15 is 0 Å². The molecular weight excluding hydrogens is 370 g/mol. The second-order valence-corrected chi connectivity index (χ2v) is 7.84. The smallest absolute Gasteiger partial charge is 0.311 e. The molecule has 1 aromatic carbocycles. The first-order chi connectivity index (χ1) is 14.0. The zero-order valence-electron chi connectivity index (χ0n) is 16.8. The molecule has 2 fully saturated rings. The topological polar surface area (TPSA) is 99.5 Å². The number of aryl methyl sites for hydroxylation is 1. The quantitative estimate of drug-likeness (QED) is 0.744. The van der Waals surface area contributed by atoms with Gasteiger partial charge in [-0.25, -0.2) is 0 Å². The lowest BCUT2D eigenvalue weighted by molar-refractivity contribution is -0.152. The third-order valence-corrected chi connectivity index (χ3v) is 5.76. The Labute approximate surface area is 171 Å². The van der Waals surface area contributed by atoms with E-state index in [2.05, 4.69) is 18.3 Å². The fourth-order valence-corrected chi connectivity index (χ4v) is 4.00. The number of nitriles is 1. The predicted octanol–water partition coefficient (Wildman–Crippen LogP) is 2.49. The zero-order valence-corrected chi connectivity index (χ0v) is 16.8. The largest absolute Gasteiger partial charge is 0.455 e. The van der Waals surface area contributed by atoms with Crippen LogP contribution in [-0.2, 0) is 25.5 Å². The molecule has 1 unspecified atom stereocenters. The van der Waals surface area contributed by atoms with Gasteiger partial charge in [-0.1, -0.05) is 38.3 Å². The second kappa shape index (κ2) is 9.08. The van der Waals surface area contributed by atoms with E-state index < -0.39 is 29.9 Å². The van der Waals surface area contributed by atoms with Crippen molar-refractivity contribution in [2.45, 2.75) is 57.4 Å². The number of carbonyl (C=O) groups is 3. The lowest BCUT2D eigenvalue weighted by atomic mass is 9.83. The van der Waals surface area contributed by atoms with Crippen molar-refractivity contribution in [3.8, 4) is 6.07 Å². The third kappa shape index (κ3) is 4.94. The minimum atomic E-state index is -0.855. The molecule has 7 heteroatoms. The molecule has 0 spiro atoms. The van der Waals surface area contributed by atoms with Crippen LogP contribution < -0.4 is 10.2 Å². The number of rotatable bonds is 6. The second-order valence-electron chi connectivity index (χ2n) is 7.84. The monoisotopic (exact) mass is 397 g/mol. The van der Waals surface area contributed by atoms with Gasteiger partial charge in [-0.2, -0.15) is 5.26 Å². The van der Waals surface area contributed by atoms with Crippen molar-refractivity contribution in [3.63, 3.8) is 0 Å². The molecule has 1 atom stereocenters. The summed E-state index contributed by atoms with van der Waals surface area (Å²) in [6.07, 6.45) is 5.07. The number of nitrogens with zero attached hydrogens (tertiary/aromatic N) is 2. The van der Waals surface area contributed by atoms with Gasteiger partial charge < -0.3 is 15.0 Å². The molecular formula is C22H27N3O4. The van der Waals surface area contributed by atoms with E-state index in [1.165, 1.54) is 5.56 Å². The Morgan fingerprint density at radius 1 is 1.24 bits per heavy atom. The van der Waals surface area contributed by atoms with Crippen LogP contribution in [0.5, 0.6) is 0 Å². The molecule has 0 aromatic heterocycles. The summed E-state index contributed by atoms with van der Waals surface area (Å²) in [5.41, 5.74) is 1.08. The van der Waals surface area contributed by atoms with Gasteiger partial charge in [0.25, 0.3) is 5.91 Å². The Morgan fingerprint density at radius 2 is 1.93 bits per heavy atom. The molecule has 1 aliphatic heterocycles. The van der Waals surface area contributed by atoms with Gasteiger partial charge in [0.1, 0.15) is 5.54 Å². The normalized spacial score (nSPS) is 20.8. The Balaban J connectivity index is 1.51. The molecule has 1 aliphatic carbocycles. The van der Waals surface area contributed by atoms with E-state index in [1.54, 1.807) is 4.90 Å². The van der Waals surface area contributed by atoms with E-state index in [0.29, 0.717) is 12.8 Å². The summed E-state index contributed by atoms with van der Waals surface area (Å²) in [4.78, 5) is 38.5. The summed E-state index contributed by atoms with van der Waals surface area (Å²) in [5, 5.41) is 12.2. The Bertz CT molecular complexity index is 806. The zero-order chi connectivity index (χ0) is 20.9. The number of nitrogens with one attached hydrogen (secondary N) is 1. The van der Waals surface area contributed by atoms with Gasteiger partial charge in [0.15, 0.2) is 6.61 Å². The van der Waals surface area contributed by atoms with Crippen LogP contribution in [0.3, 0.4) is 0 Å². The van der Waals surface area contributed by atoms with Crippen LogP contribution in [0, 0.1) is 17.2 Å². The average molecular weight is 397 g/mol. The number of ether oxygens (including phenoxy) is 1. The number of anilines is 1. The van der Waals surface area contributed by atoms with Gasteiger partial charge in [-0.3, -0.25) is 14.4 Å². The van der Waals surface area contributed by atoms with E-state index in [0.717, 1.165) is 31.4 Å². The van der Waals surface area contributed by atoms with Crippen LogP contribution in [-0.4, -0.2) is 36.5 Å². The highest BCUT2D eigenvalue weighted by Crippen LogP contribution is 2.28. The van der Waals surface area contributed by atoms with Gasteiger partial charge in [-0.05, 0) is 37.0 Å². The molecule has 3 rings (SSSR count). The van der Waals surface area contributed by atoms with Crippen LogP contribution in [0.1, 0.15) is 51.0 Å². The van der Waals surface area contributed by atoms with E-state index in [9.17, 15) is 19.6 Å². The van der Waals surface area contributed by atoms with Gasteiger partial charge in [0.2, 0.25) is 5.91 Å². The predicted molar refractivity (Wildman–Crippen MR) is 107 cm³/mol. The molecule has 0 bridgehead atoms. The van der Waals surface area contributed by atoms with Gasteiger partial charge in [0.05, 0.1) is 12.0 Å². The van der Waals surface area contributed by atoms with Crippen molar-refractivity contribution >= 4 is 23.5 Å². The van der Waals surface area contributed by atoms with Crippen LogP contribution in [0.15, 0.2) is 24.3 Å². The summed E-state index contributed by atoms with van der Waals surface area (Å²) in [5.74, 6) is -1.76. The third-order valence-electron chi connectivity index (χ3n) is 5.76. The van der Waals surface area contributed by atoms with Crippen LogP contribution in [0.2, 0.25) is 0 Å². The number of amides is 2. The van der Waals surface area contributed by atoms with Crippen molar-refractivity contribution in [3.05, 3.63) is 29.8 Å². The maximum absolute atomic E-state index is 12.4. The maximum atomic E-state index is 12.4. The first kappa shape index (κ1) is 20.8. The fourth-order valence-electron chi connectivity index (χ4n) is 4.00. The average Bonchev–Trinajstić information content (AvgIpc) is 3.14. The summed E-state index contributed by atoms with van der Waals surface area (Å²) in [7, 11) is 0. The Morgan fingerprint density at radius 3 is 2.55 bits per heavy atom. The molecule has 1 aromatic rings. The number of hydrogen-bond donors (Lipinski definition) is 1. The molecule has 7 nitrogen and oxygen atoms in total. The minimum absolute atomic E-state index is 0.0676. The van der Waals surface area contributed by atoms with Crippen molar-refractivity contribution in [1.82, 2.24) is 5.32 Å². The van der Waals surface area contributed by atoms with Crippen molar-refractivity contribution in [2.24, 2.45) is 5.92 Å². The summed E-state index contributed by atoms with van der Waals surface area (Å²) in [6.45, 7) is 1.87. The first-order valence-corrected chi connectivity index (χ1v) is 10.2. The number of esters is 1. The molecule has 154 valence electrons. The summed E-state index contributed by atoms with van der Waals surface area (Å²) >= 11 is 0. The Kier molecular flexibility index (Phi) is 6.53. The lowest BCUT2D eigenvalue weighted by Crippen LogP contribution is -2.50. The molecule has 1 heterocycles. The van der Waals surface area contributed by atoms with Crippen molar-refractivity contribution in [2.75, 3.05) is 18.1 Å². The SMILES string of the molecule is CCc1ccc(N2CC(C(=O)OCC(=O)NC3(C#N)CCCCC3)CC2=O)cc1. The molecule has 1 N–H and O–H groups in total. The number of carbonyl (C=O) groups excluding carboxylic acids is 3. The van der Waals surface area contributed by atoms with E-state index in [1.807, 2.05) is 24.3 Å². The fraction of sp³-hybridized carbons (Fsp3) is 0.545. The molecule has 29 heavy (non-hydrogen) atoms. The maximum Gasteiger partial charge on any atom is 0.311 e. The van der Waals surface area contributed by atoms with Crippen molar-refractivity contribution < 1.29 is 19.1 Å². The minimum Gasteiger partial charge on any atom is -0.455 e. The Hall–Kier alpha value is -2.88. The summed E-state index contributed by atoms with van der Waals surface area (Å²) in [6, 6.07) is 9.90. The molecule has 2 aliphatic rings. The molecule has 0 radical (unpaired) electrons. The first-order valence-electron chi connectivity index (χ1n) is 10.2. The van der Waals surface area contributed by atoms with E-state index in [-0.39, 0.29) is 18.9 Å². The van der Waals surface area contributed by atoms with Gasteiger partial charge in [-0.15, -0.1) is 0 Å². The summed E-state index contributed by atoms with van der Waals surface area (Å²) < 4.78 is 5.15. The standard InChI is InChI=1S/C22H27N3O4/c1-2-16-6-8-18(9-7-16)25-13-17(12-20(25)27)21(28)29-14-19(26)24-22(15-23)10-4-3-5-11-22/h6-9,17H,2-5,10-14H2,1H3,(H,24,26). The number of benzene rings is 1. The highest BCUT2D eigenvalue weighted by molar-refractivity contribution is 5.99. The van der Waals surface area contributed by atoms with E-state index in [4.69, 9.17) is 4.74 Å². The van der Waals surface area contributed by atoms with Crippen LogP contribution in [0.4, 0.5) is 5.69 Å². The molecule has 1 saturated heterocycles. The lowest BCUT2D eigenvalue weighted by Gasteiger charge is -2.31. The van der Waals surface area contributed by atoms with Crippen LogP contribution >= 0.6 is 0 Å².